The number of carboxylic acids is 1. The van der Waals surface area contributed by atoms with Crippen molar-refractivity contribution in [2.45, 2.75) is 30.6 Å². The molecule has 1 aliphatic rings. The van der Waals surface area contributed by atoms with Crippen LogP contribution in [-0.4, -0.2) is 26.0 Å². The highest BCUT2D eigenvalue weighted by molar-refractivity contribution is 7.89. The Labute approximate surface area is 110 Å². The van der Waals surface area contributed by atoms with Gasteiger partial charge in [0.25, 0.3) is 0 Å². The van der Waals surface area contributed by atoms with Crippen LogP contribution in [0.25, 0.3) is 0 Å². The van der Waals surface area contributed by atoms with Crippen molar-refractivity contribution in [1.82, 2.24) is 4.72 Å². The van der Waals surface area contributed by atoms with E-state index in [1.54, 1.807) is 0 Å². The molecule has 0 amide bonds. The third kappa shape index (κ3) is 2.90. The molecule has 100 valence electrons. The van der Waals surface area contributed by atoms with E-state index < -0.39 is 16.0 Å². The molecule has 1 aromatic heterocycles. The van der Waals surface area contributed by atoms with Gasteiger partial charge >= 0.3 is 5.97 Å². The van der Waals surface area contributed by atoms with Gasteiger partial charge in [-0.05, 0) is 30.2 Å². The number of carboxylic acid groups (broad SMARTS) is 1. The molecule has 1 heterocycles. The predicted molar refractivity (Wildman–Crippen MR) is 68.4 cm³/mol. The maximum Gasteiger partial charge on any atom is 0.347 e. The van der Waals surface area contributed by atoms with E-state index in [1.807, 2.05) is 0 Å². The molecule has 18 heavy (non-hydrogen) atoms. The number of hydrogen-bond donors (Lipinski definition) is 2. The third-order valence-electron chi connectivity index (χ3n) is 3.15. The summed E-state index contributed by atoms with van der Waals surface area (Å²) in [5.74, 6) is -0.821. The van der Waals surface area contributed by atoms with Crippen LogP contribution in [0.5, 0.6) is 0 Å². The lowest BCUT2D eigenvalue weighted by Gasteiger charge is -2.10. The summed E-state index contributed by atoms with van der Waals surface area (Å²) in [6, 6.07) is 1.34. The van der Waals surface area contributed by atoms with Gasteiger partial charge in [-0.25, -0.2) is 17.9 Å². The summed E-state index contributed by atoms with van der Waals surface area (Å²) in [6.45, 7) is 0.400. The van der Waals surface area contributed by atoms with E-state index in [0.29, 0.717) is 12.5 Å². The second-order valence-electron chi connectivity index (χ2n) is 4.42. The lowest BCUT2D eigenvalue weighted by Crippen LogP contribution is -2.29. The van der Waals surface area contributed by atoms with Crippen molar-refractivity contribution < 1.29 is 18.3 Å². The molecule has 0 aliphatic heterocycles. The van der Waals surface area contributed by atoms with Crippen molar-refractivity contribution >= 4 is 27.3 Å². The molecule has 2 rings (SSSR count). The number of rotatable bonds is 5. The minimum atomic E-state index is -3.70. The zero-order chi connectivity index (χ0) is 13.2. The molecule has 0 unspecified atom stereocenters. The summed E-state index contributed by atoms with van der Waals surface area (Å²) in [5, 5.41) is 10.4. The van der Waals surface area contributed by atoms with Crippen molar-refractivity contribution in [3.63, 3.8) is 0 Å². The van der Waals surface area contributed by atoms with Crippen LogP contribution in [0.15, 0.2) is 16.3 Å². The number of hydrogen-bond acceptors (Lipinski definition) is 4. The Balaban J connectivity index is 2.09. The summed E-state index contributed by atoms with van der Waals surface area (Å²) >= 11 is 0.924. The molecule has 0 saturated heterocycles. The molecular weight excluding hydrogens is 274 g/mol. The molecule has 0 atom stereocenters. The van der Waals surface area contributed by atoms with E-state index in [0.717, 1.165) is 37.0 Å². The van der Waals surface area contributed by atoms with Crippen molar-refractivity contribution in [2.75, 3.05) is 6.54 Å². The lowest BCUT2D eigenvalue weighted by molar-refractivity contribution is 0.0698. The van der Waals surface area contributed by atoms with Crippen LogP contribution in [0.4, 0.5) is 0 Å². The molecule has 1 saturated carbocycles. The van der Waals surface area contributed by atoms with Crippen molar-refractivity contribution in [3.8, 4) is 0 Å². The number of thiophene rings is 1. The van der Waals surface area contributed by atoms with Gasteiger partial charge in [-0.3, -0.25) is 0 Å². The molecule has 1 aliphatic carbocycles. The molecule has 5 nitrogen and oxygen atoms in total. The van der Waals surface area contributed by atoms with E-state index >= 15 is 0 Å². The quantitative estimate of drug-likeness (QED) is 0.867. The Kier molecular flexibility index (Phi) is 4.04. The lowest BCUT2D eigenvalue weighted by atomic mass is 10.1. The van der Waals surface area contributed by atoms with Gasteiger partial charge in [-0.2, -0.15) is 0 Å². The largest absolute Gasteiger partial charge is 0.477 e. The summed E-state index contributed by atoms with van der Waals surface area (Å²) in [4.78, 5) is 10.7. The summed E-state index contributed by atoms with van der Waals surface area (Å²) in [5.41, 5.74) is 0. The van der Waals surface area contributed by atoms with Crippen LogP contribution >= 0.6 is 11.3 Å². The van der Waals surface area contributed by atoms with E-state index in [2.05, 4.69) is 4.72 Å². The molecule has 0 spiro atoms. The van der Waals surface area contributed by atoms with Gasteiger partial charge in [0.15, 0.2) is 0 Å². The van der Waals surface area contributed by atoms with E-state index in [1.165, 1.54) is 11.4 Å². The first kappa shape index (κ1) is 13.5. The van der Waals surface area contributed by atoms with Crippen LogP contribution in [0.3, 0.4) is 0 Å². The minimum Gasteiger partial charge on any atom is -0.477 e. The fraction of sp³-hybridized carbons (Fsp3) is 0.545. The Bertz CT molecular complexity index is 529. The molecule has 1 fully saturated rings. The van der Waals surface area contributed by atoms with Crippen molar-refractivity contribution in [3.05, 3.63) is 16.3 Å². The highest BCUT2D eigenvalue weighted by Crippen LogP contribution is 2.25. The van der Waals surface area contributed by atoms with Gasteiger partial charge < -0.3 is 5.11 Å². The minimum absolute atomic E-state index is 0.127. The first-order chi connectivity index (χ1) is 8.50. The van der Waals surface area contributed by atoms with Crippen LogP contribution in [0.1, 0.15) is 35.4 Å². The number of aromatic carboxylic acids is 1. The van der Waals surface area contributed by atoms with Crippen molar-refractivity contribution in [2.24, 2.45) is 5.92 Å². The van der Waals surface area contributed by atoms with Gasteiger partial charge in [0.05, 0.1) is 0 Å². The first-order valence-corrected chi connectivity index (χ1v) is 8.17. The maximum absolute atomic E-state index is 12.0. The topological polar surface area (TPSA) is 83.5 Å². The summed E-state index contributed by atoms with van der Waals surface area (Å²) in [7, 11) is -3.70. The smallest absolute Gasteiger partial charge is 0.347 e. The Hall–Kier alpha value is -0.920. The second kappa shape index (κ2) is 5.38. The fourth-order valence-corrected chi connectivity index (χ4v) is 4.56. The van der Waals surface area contributed by atoms with Gasteiger partial charge in [-0.15, -0.1) is 11.3 Å². The molecule has 0 bridgehead atoms. The fourth-order valence-electron chi connectivity index (χ4n) is 2.18. The molecule has 2 N–H and O–H groups in total. The van der Waals surface area contributed by atoms with E-state index in [-0.39, 0.29) is 9.77 Å². The highest BCUT2D eigenvalue weighted by atomic mass is 32.2. The zero-order valence-corrected chi connectivity index (χ0v) is 11.4. The van der Waals surface area contributed by atoms with Gasteiger partial charge in [0, 0.05) is 6.54 Å². The number of sulfonamides is 1. The second-order valence-corrected chi connectivity index (χ2v) is 7.07. The van der Waals surface area contributed by atoms with Crippen LogP contribution in [0, 0.1) is 5.92 Å². The monoisotopic (exact) mass is 289 g/mol. The standard InChI is InChI=1S/C11H15NO4S2/c13-11(14)10-9(5-6-17-10)18(15,16)12-7-8-3-1-2-4-8/h5-6,8,12H,1-4,7H2,(H,13,14). The molecule has 0 aromatic carbocycles. The third-order valence-corrected chi connectivity index (χ3v) is 5.65. The van der Waals surface area contributed by atoms with E-state index in [9.17, 15) is 13.2 Å². The van der Waals surface area contributed by atoms with Crippen molar-refractivity contribution in [1.29, 1.82) is 0 Å². The average molecular weight is 289 g/mol. The summed E-state index contributed by atoms with van der Waals surface area (Å²) < 4.78 is 26.5. The molecule has 7 heteroatoms. The summed E-state index contributed by atoms with van der Waals surface area (Å²) in [6.07, 6.45) is 4.37. The van der Waals surface area contributed by atoms with Gasteiger partial charge in [-0.1, -0.05) is 12.8 Å². The van der Waals surface area contributed by atoms with Gasteiger partial charge in [0.1, 0.15) is 9.77 Å². The number of nitrogens with one attached hydrogen (secondary N) is 1. The predicted octanol–water partition coefficient (Wildman–Crippen LogP) is 1.91. The Morgan fingerprint density at radius 1 is 1.44 bits per heavy atom. The Morgan fingerprint density at radius 2 is 2.11 bits per heavy atom. The normalized spacial score (nSPS) is 17.1. The number of carbonyl (C=O) groups is 1. The van der Waals surface area contributed by atoms with E-state index in [4.69, 9.17) is 5.11 Å². The molecule has 1 aromatic rings. The van der Waals surface area contributed by atoms with Crippen LogP contribution in [-0.2, 0) is 10.0 Å². The zero-order valence-electron chi connectivity index (χ0n) is 9.76. The average Bonchev–Trinajstić information content (AvgIpc) is 2.98. The molecular formula is C11H15NO4S2. The van der Waals surface area contributed by atoms with Gasteiger partial charge in [0.2, 0.25) is 10.0 Å². The molecule has 0 radical (unpaired) electrons. The maximum atomic E-state index is 12.0. The first-order valence-electron chi connectivity index (χ1n) is 5.81. The highest BCUT2D eigenvalue weighted by Gasteiger charge is 2.25. The van der Waals surface area contributed by atoms with Crippen LogP contribution in [0.2, 0.25) is 0 Å². The SMILES string of the molecule is O=C(O)c1sccc1S(=O)(=O)NCC1CCCC1. The Morgan fingerprint density at radius 3 is 2.72 bits per heavy atom. The van der Waals surface area contributed by atoms with Crippen LogP contribution < -0.4 is 4.72 Å².